The Bertz CT molecular complexity index is 553. The molecule has 100 valence electrons. The van der Waals surface area contributed by atoms with E-state index < -0.39 is 0 Å². The van der Waals surface area contributed by atoms with Crippen molar-refractivity contribution in [2.45, 2.75) is 26.7 Å². The molecule has 0 aliphatic carbocycles. The lowest BCUT2D eigenvalue weighted by molar-refractivity contribution is 0.837. The molecule has 0 saturated carbocycles. The van der Waals surface area contributed by atoms with Gasteiger partial charge in [0.1, 0.15) is 17.5 Å². The highest BCUT2D eigenvalue weighted by molar-refractivity contribution is 5.62. The minimum absolute atomic E-state index is 0.620. The van der Waals surface area contributed by atoms with Crippen LogP contribution in [0.15, 0.2) is 30.3 Å². The number of para-hydroxylation sites is 1. The minimum Gasteiger partial charge on any atom is -0.340 e. The van der Waals surface area contributed by atoms with Gasteiger partial charge in [0, 0.05) is 18.2 Å². The smallest absolute Gasteiger partial charge is 0.145 e. The maximum Gasteiger partial charge on any atom is 0.145 e. The average Bonchev–Trinajstić information content (AvgIpc) is 2.41. The largest absolute Gasteiger partial charge is 0.340 e. The van der Waals surface area contributed by atoms with Crippen molar-refractivity contribution in [3.63, 3.8) is 0 Å². The molecular formula is C14H19N5. The Morgan fingerprint density at radius 3 is 2.58 bits per heavy atom. The molecule has 5 nitrogen and oxygen atoms in total. The number of hydrogen-bond donors (Lipinski definition) is 3. The van der Waals surface area contributed by atoms with Gasteiger partial charge in [0.2, 0.25) is 0 Å². The van der Waals surface area contributed by atoms with Gasteiger partial charge in [-0.25, -0.2) is 15.8 Å². The number of nitrogens with one attached hydrogen (secondary N) is 2. The first-order valence-corrected chi connectivity index (χ1v) is 6.40. The highest BCUT2D eigenvalue weighted by atomic mass is 15.3. The van der Waals surface area contributed by atoms with Crippen LogP contribution in [-0.2, 0) is 6.42 Å². The van der Waals surface area contributed by atoms with E-state index in [1.54, 1.807) is 6.07 Å². The SMILES string of the molecule is CCCc1nc(NN)cc(Nc2ccccc2C)n1. The van der Waals surface area contributed by atoms with Gasteiger partial charge in [0.05, 0.1) is 0 Å². The lowest BCUT2D eigenvalue weighted by atomic mass is 10.2. The standard InChI is InChI=1S/C14H19N5/c1-3-6-12-17-13(9-14(18-12)19-15)16-11-8-5-4-7-10(11)2/h4-5,7-9H,3,6,15H2,1-2H3,(H2,16,17,18,19). The van der Waals surface area contributed by atoms with Crippen molar-refractivity contribution in [2.75, 3.05) is 10.7 Å². The summed E-state index contributed by atoms with van der Waals surface area (Å²) in [4.78, 5) is 8.81. The van der Waals surface area contributed by atoms with Crippen molar-refractivity contribution in [1.29, 1.82) is 0 Å². The van der Waals surface area contributed by atoms with Crippen LogP contribution < -0.4 is 16.6 Å². The second kappa shape index (κ2) is 6.15. The fourth-order valence-corrected chi connectivity index (χ4v) is 1.82. The predicted octanol–water partition coefficient (Wildman–Crippen LogP) is 2.77. The first-order valence-electron chi connectivity index (χ1n) is 6.40. The van der Waals surface area contributed by atoms with E-state index in [0.717, 1.165) is 30.2 Å². The van der Waals surface area contributed by atoms with Crippen LogP contribution in [0.3, 0.4) is 0 Å². The van der Waals surface area contributed by atoms with Crippen LogP contribution in [0.5, 0.6) is 0 Å². The van der Waals surface area contributed by atoms with Crippen molar-refractivity contribution in [3.05, 3.63) is 41.7 Å². The van der Waals surface area contributed by atoms with Gasteiger partial charge in [-0.05, 0) is 25.0 Å². The van der Waals surface area contributed by atoms with Crippen molar-refractivity contribution in [3.8, 4) is 0 Å². The number of aryl methyl sites for hydroxylation is 2. The van der Waals surface area contributed by atoms with Gasteiger partial charge in [-0.3, -0.25) is 0 Å². The van der Waals surface area contributed by atoms with Crippen LogP contribution in [0.1, 0.15) is 24.7 Å². The van der Waals surface area contributed by atoms with E-state index in [1.165, 1.54) is 5.56 Å². The molecule has 0 unspecified atom stereocenters. The Labute approximate surface area is 113 Å². The van der Waals surface area contributed by atoms with Gasteiger partial charge in [-0.2, -0.15) is 0 Å². The molecule has 2 aromatic rings. The maximum atomic E-state index is 5.44. The molecule has 1 aromatic heterocycles. The molecule has 2 rings (SSSR count). The number of rotatable bonds is 5. The lowest BCUT2D eigenvalue weighted by Crippen LogP contribution is -2.11. The third-order valence-electron chi connectivity index (χ3n) is 2.80. The topological polar surface area (TPSA) is 75.9 Å². The Morgan fingerprint density at radius 1 is 1.16 bits per heavy atom. The first kappa shape index (κ1) is 13.3. The normalized spacial score (nSPS) is 10.3. The van der Waals surface area contributed by atoms with Gasteiger partial charge < -0.3 is 10.7 Å². The molecular weight excluding hydrogens is 238 g/mol. The summed E-state index contributed by atoms with van der Waals surface area (Å²) >= 11 is 0. The second-order valence-electron chi connectivity index (χ2n) is 4.39. The maximum absolute atomic E-state index is 5.44. The van der Waals surface area contributed by atoms with Crippen LogP contribution in [0.25, 0.3) is 0 Å². The van der Waals surface area contributed by atoms with E-state index >= 15 is 0 Å². The highest BCUT2D eigenvalue weighted by Gasteiger charge is 2.05. The summed E-state index contributed by atoms with van der Waals surface area (Å²) in [5.41, 5.74) is 4.78. The molecule has 1 heterocycles. The van der Waals surface area contributed by atoms with E-state index in [1.807, 2.05) is 18.2 Å². The Morgan fingerprint density at radius 2 is 1.89 bits per heavy atom. The molecule has 5 heteroatoms. The molecule has 0 amide bonds. The van der Waals surface area contributed by atoms with Gasteiger partial charge >= 0.3 is 0 Å². The van der Waals surface area contributed by atoms with Crippen LogP contribution >= 0.6 is 0 Å². The quantitative estimate of drug-likeness (QED) is 0.567. The molecule has 0 atom stereocenters. The van der Waals surface area contributed by atoms with Crippen LogP contribution in [-0.4, -0.2) is 9.97 Å². The van der Waals surface area contributed by atoms with E-state index in [9.17, 15) is 0 Å². The first-order chi connectivity index (χ1) is 9.22. The molecule has 4 N–H and O–H groups in total. The molecule has 0 saturated heterocycles. The number of aromatic nitrogens is 2. The van der Waals surface area contributed by atoms with Gasteiger partial charge in [-0.15, -0.1) is 0 Å². The summed E-state index contributed by atoms with van der Waals surface area (Å²) in [6.07, 6.45) is 1.83. The Balaban J connectivity index is 2.29. The zero-order chi connectivity index (χ0) is 13.7. The zero-order valence-electron chi connectivity index (χ0n) is 11.3. The zero-order valence-corrected chi connectivity index (χ0v) is 11.3. The minimum atomic E-state index is 0.620. The molecule has 0 spiro atoms. The van der Waals surface area contributed by atoms with E-state index in [-0.39, 0.29) is 0 Å². The predicted molar refractivity (Wildman–Crippen MR) is 78.3 cm³/mol. The molecule has 0 radical (unpaired) electrons. The number of nitrogens with zero attached hydrogens (tertiary/aromatic N) is 2. The number of benzene rings is 1. The number of hydrogen-bond acceptors (Lipinski definition) is 5. The Kier molecular flexibility index (Phi) is 4.30. The number of anilines is 3. The molecule has 0 fully saturated rings. The van der Waals surface area contributed by atoms with Crippen LogP contribution in [0.4, 0.5) is 17.3 Å². The van der Waals surface area contributed by atoms with Crippen molar-refractivity contribution >= 4 is 17.3 Å². The molecule has 0 aliphatic heterocycles. The number of nitrogen functional groups attached to an aromatic ring is 1. The van der Waals surface area contributed by atoms with E-state index in [0.29, 0.717) is 5.82 Å². The molecule has 1 aromatic carbocycles. The third kappa shape index (κ3) is 3.42. The highest BCUT2D eigenvalue weighted by Crippen LogP contribution is 2.20. The summed E-state index contributed by atoms with van der Waals surface area (Å²) in [5.74, 6) is 7.60. The fourth-order valence-electron chi connectivity index (χ4n) is 1.82. The van der Waals surface area contributed by atoms with Crippen molar-refractivity contribution in [1.82, 2.24) is 9.97 Å². The van der Waals surface area contributed by atoms with Gasteiger partial charge in [0.15, 0.2) is 0 Å². The molecule has 0 bridgehead atoms. The fraction of sp³-hybridized carbons (Fsp3) is 0.286. The second-order valence-corrected chi connectivity index (χ2v) is 4.39. The van der Waals surface area contributed by atoms with E-state index in [4.69, 9.17) is 5.84 Å². The third-order valence-corrected chi connectivity index (χ3v) is 2.80. The summed E-state index contributed by atoms with van der Waals surface area (Å²) in [5, 5.41) is 3.30. The number of nitrogens with two attached hydrogens (primary N) is 1. The van der Waals surface area contributed by atoms with Gasteiger partial charge in [-0.1, -0.05) is 25.1 Å². The molecule has 19 heavy (non-hydrogen) atoms. The van der Waals surface area contributed by atoms with Crippen LogP contribution in [0.2, 0.25) is 0 Å². The lowest BCUT2D eigenvalue weighted by Gasteiger charge is -2.11. The summed E-state index contributed by atoms with van der Waals surface area (Å²) in [6.45, 7) is 4.15. The van der Waals surface area contributed by atoms with Gasteiger partial charge in [0.25, 0.3) is 0 Å². The summed E-state index contributed by atoms with van der Waals surface area (Å²) in [6, 6.07) is 9.87. The van der Waals surface area contributed by atoms with E-state index in [2.05, 4.69) is 40.6 Å². The van der Waals surface area contributed by atoms with Crippen molar-refractivity contribution in [2.24, 2.45) is 5.84 Å². The Hall–Kier alpha value is -2.14. The van der Waals surface area contributed by atoms with Crippen molar-refractivity contribution < 1.29 is 0 Å². The molecule has 0 aliphatic rings. The number of hydrazine groups is 1. The average molecular weight is 257 g/mol. The van der Waals surface area contributed by atoms with Crippen LogP contribution in [0, 0.1) is 6.92 Å². The monoisotopic (exact) mass is 257 g/mol. The summed E-state index contributed by atoms with van der Waals surface area (Å²) in [7, 11) is 0. The summed E-state index contributed by atoms with van der Waals surface area (Å²) < 4.78 is 0.